The van der Waals surface area contributed by atoms with Gasteiger partial charge in [0.15, 0.2) is 0 Å². The Balaban J connectivity index is 1.63. The number of para-hydroxylation sites is 1. The molecule has 0 aliphatic carbocycles. The summed E-state index contributed by atoms with van der Waals surface area (Å²) in [5.41, 5.74) is 0.886. The lowest BCUT2D eigenvalue weighted by Gasteiger charge is -2.48. The van der Waals surface area contributed by atoms with Crippen molar-refractivity contribution in [1.29, 1.82) is 0 Å². The first-order chi connectivity index (χ1) is 13.4. The van der Waals surface area contributed by atoms with Gasteiger partial charge in [-0.2, -0.15) is 0 Å². The SMILES string of the molecule is CC(=O)N1CC(=O)N(c2ccccc2)C[C@@]12CCN(C(=O)c1cccn1C)C2. The summed E-state index contributed by atoms with van der Waals surface area (Å²) in [7, 11) is 1.84. The summed E-state index contributed by atoms with van der Waals surface area (Å²) in [5, 5.41) is 0. The van der Waals surface area contributed by atoms with Crippen LogP contribution in [0.4, 0.5) is 5.69 Å². The molecule has 0 bridgehead atoms. The third-order valence-corrected chi connectivity index (χ3v) is 5.85. The molecule has 3 heterocycles. The van der Waals surface area contributed by atoms with Gasteiger partial charge in [-0.1, -0.05) is 18.2 Å². The van der Waals surface area contributed by atoms with Gasteiger partial charge in [-0.15, -0.1) is 0 Å². The van der Waals surface area contributed by atoms with E-state index in [0.29, 0.717) is 31.7 Å². The second-order valence-electron chi connectivity index (χ2n) is 7.63. The van der Waals surface area contributed by atoms with Crippen LogP contribution in [0.25, 0.3) is 0 Å². The number of carbonyl (C=O) groups is 3. The summed E-state index contributed by atoms with van der Waals surface area (Å²) in [6.07, 6.45) is 2.50. The Morgan fingerprint density at radius 1 is 1.04 bits per heavy atom. The van der Waals surface area contributed by atoms with Gasteiger partial charge in [0.2, 0.25) is 11.8 Å². The average Bonchev–Trinajstić information content (AvgIpc) is 3.30. The fraction of sp³-hybridized carbons (Fsp3) is 0.381. The molecule has 1 aromatic heterocycles. The molecule has 146 valence electrons. The van der Waals surface area contributed by atoms with Crippen LogP contribution in [0.3, 0.4) is 0 Å². The number of aryl methyl sites for hydroxylation is 1. The topological polar surface area (TPSA) is 65.9 Å². The number of rotatable bonds is 2. The highest BCUT2D eigenvalue weighted by Gasteiger charge is 2.51. The zero-order valence-electron chi connectivity index (χ0n) is 16.2. The Morgan fingerprint density at radius 3 is 2.43 bits per heavy atom. The van der Waals surface area contributed by atoms with Gasteiger partial charge in [-0.3, -0.25) is 14.4 Å². The van der Waals surface area contributed by atoms with E-state index in [9.17, 15) is 14.4 Å². The first-order valence-corrected chi connectivity index (χ1v) is 9.45. The summed E-state index contributed by atoms with van der Waals surface area (Å²) < 4.78 is 1.80. The minimum Gasteiger partial charge on any atom is -0.347 e. The maximum absolute atomic E-state index is 13.0. The highest BCUT2D eigenvalue weighted by atomic mass is 16.2. The molecule has 1 aromatic carbocycles. The van der Waals surface area contributed by atoms with Crippen LogP contribution in [0.2, 0.25) is 0 Å². The van der Waals surface area contributed by atoms with E-state index in [2.05, 4.69) is 0 Å². The molecule has 1 atom stereocenters. The summed E-state index contributed by atoms with van der Waals surface area (Å²) in [5.74, 6) is -0.274. The molecule has 2 aliphatic rings. The first-order valence-electron chi connectivity index (χ1n) is 9.45. The van der Waals surface area contributed by atoms with Gasteiger partial charge >= 0.3 is 0 Å². The fourth-order valence-electron chi connectivity index (χ4n) is 4.37. The van der Waals surface area contributed by atoms with Gasteiger partial charge in [-0.25, -0.2) is 0 Å². The molecule has 0 N–H and O–H groups in total. The summed E-state index contributed by atoms with van der Waals surface area (Å²) >= 11 is 0. The normalized spacial score (nSPS) is 22.2. The van der Waals surface area contributed by atoms with E-state index in [1.807, 2.05) is 49.6 Å². The van der Waals surface area contributed by atoms with Crippen LogP contribution in [0, 0.1) is 0 Å². The Hall–Kier alpha value is -3.09. The van der Waals surface area contributed by atoms with Crippen molar-refractivity contribution in [2.24, 2.45) is 7.05 Å². The molecule has 4 rings (SSSR count). The van der Waals surface area contributed by atoms with Crippen LogP contribution >= 0.6 is 0 Å². The molecule has 0 radical (unpaired) electrons. The second kappa shape index (κ2) is 6.82. The van der Waals surface area contributed by atoms with E-state index in [0.717, 1.165) is 5.69 Å². The second-order valence-corrected chi connectivity index (χ2v) is 7.63. The Kier molecular flexibility index (Phi) is 4.45. The van der Waals surface area contributed by atoms with Crippen molar-refractivity contribution in [3.05, 3.63) is 54.4 Å². The number of amides is 3. The number of anilines is 1. The third-order valence-electron chi connectivity index (χ3n) is 5.85. The lowest BCUT2D eigenvalue weighted by Crippen LogP contribution is -2.67. The molecule has 3 amide bonds. The van der Waals surface area contributed by atoms with Crippen molar-refractivity contribution in [3.63, 3.8) is 0 Å². The smallest absolute Gasteiger partial charge is 0.270 e. The molecule has 7 nitrogen and oxygen atoms in total. The monoisotopic (exact) mass is 380 g/mol. The first kappa shape index (κ1) is 18.3. The van der Waals surface area contributed by atoms with Gasteiger partial charge < -0.3 is 19.3 Å². The van der Waals surface area contributed by atoms with Crippen molar-refractivity contribution in [2.75, 3.05) is 31.1 Å². The van der Waals surface area contributed by atoms with Crippen molar-refractivity contribution in [3.8, 4) is 0 Å². The van der Waals surface area contributed by atoms with Crippen molar-refractivity contribution in [2.45, 2.75) is 18.9 Å². The summed E-state index contributed by atoms with van der Waals surface area (Å²) in [6, 6.07) is 13.1. The Morgan fingerprint density at radius 2 is 1.79 bits per heavy atom. The Bertz CT molecular complexity index is 923. The van der Waals surface area contributed by atoms with E-state index in [4.69, 9.17) is 0 Å². The van der Waals surface area contributed by atoms with Gasteiger partial charge in [0, 0.05) is 38.9 Å². The zero-order valence-corrected chi connectivity index (χ0v) is 16.2. The van der Waals surface area contributed by atoms with E-state index in [1.165, 1.54) is 6.92 Å². The van der Waals surface area contributed by atoms with Crippen LogP contribution < -0.4 is 4.90 Å². The summed E-state index contributed by atoms with van der Waals surface area (Å²) in [4.78, 5) is 43.3. The van der Waals surface area contributed by atoms with Gasteiger partial charge in [0.05, 0.1) is 12.1 Å². The van der Waals surface area contributed by atoms with E-state index in [-0.39, 0.29) is 24.3 Å². The molecule has 2 aliphatic heterocycles. The van der Waals surface area contributed by atoms with Crippen molar-refractivity contribution < 1.29 is 14.4 Å². The number of carbonyl (C=O) groups excluding carboxylic acids is 3. The van der Waals surface area contributed by atoms with E-state index in [1.54, 1.807) is 25.3 Å². The molecule has 0 saturated carbocycles. The number of piperazine rings is 1. The number of hydrogen-bond acceptors (Lipinski definition) is 3. The maximum Gasteiger partial charge on any atom is 0.270 e. The number of likely N-dealkylation sites (tertiary alicyclic amines) is 1. The lowest BCUT2D eigenvalue weighted by molar-refractivity contribution is -0.142. The highest BCUT2D eigenvalue weighted by Crippen LogP contribution is 2.35. The number of hydrogen-bond donors (Lipinski definition) is 0. The van der Waals surface area contributed by atoms with Gasteiger partial charge in [0.25, 0.3) is 5.91 Å². The molecule has 7 heteroatoms. The predicted octanol–water partition coefficient (Wildman–Crippen LogP) is 1.51. The molecule has 2 aromatic rings. The van der Waals surface area contributed by atoms with E-state index >= 15 is 0 Å². The molecule has 28 heavy (non-hydrogen) atoms. The highest BCUT2D eigenvalue weighted by molar-refractivity contribution is 5.99. The largest absolute Gasteiger partial charge is 0.347 e. The molecular formula is C21H24N4O3. The molecule has 2 fully saturated rings. The van der Waals surface area contributed by atoms with Crippen molar-refractivity contribution in [1.82, 2.24) is 14.4 Å². The Labute approximate surface area is 164 Å². The fourth-order valence-corrected chi connectivity index (χ4v) is 4.37. The average molecular weight is 380 g/mol. The number of benzene rings is 1. The quantitative estimate of drug-likeness (QED) is 0.793. The van der Waals surface area contributed by atoms with E-state index < -0.39 is 5.54 Å². The van der Waals surface area contributed by atoms with Crippen LogP contribution in [-0.4, -0.2) is 63.8 Å². The van der Waals surface area contributed by atoms with Gasteiger partial charge in [-0.05, 0) is 30.7 Å². The standard InChI is InChI=1S/C21H24N4O3/c1-16(26)25-13-19(27)24(17-7-4-3-5-8-17)15-21(25)10-12-23(14-21)20(28)18-9-6-11-22(18)2/h3-9,11H,10,12-15H2,1-2H3/t21-/m0/s1. The van der Waals surface area contributed by atoms with Crippen LogP contribution in [0.5, 0.6) is 0 Å². The lowest BCUT2D eigenvalue weighted by atomic mass is 9.91. The zero-order chi connectivity index (χ0) is 19.9. The molecular weight excluding hydrogens is 356 g/mol. The van der Waals surface area contributed by atoms with Gasteiger partial charge in [0.1, 0.15) is 12.2 Å². The summed E-state index contributed by atoms with van der Waals surface area (Å²) in [6.45, 7) is 2.91. The maximum atomic E-state index is 13.0. The predicted molar refractivity (Wildman–Crippen MR) is 105 cm³/mol. The van der Waals surface area contributed by atoms with Crippen molar-refractivity contribution >= 4 is 23.4 Å². The van der Waals surface area contributed by atoms with Crippen LogP contribution in [0.15, 0.2) is 48.7 Å². The third kappa shape index (κ3) is 2.96. The number of aromatic nitrogens is 1. The van der Waals surface area contributed by atoms with Crippen LogP contribution in [-0.2, 0) is 16.6 Å². The minimum atomic E-state index is -0.559. The molecule has 0 unspecified atom stereocenters. The van der Waals surface area contributed by atoms with Crippen LogP contribution in [0.1, 0.15) is 23.8 Å². The number of nitrogens with zero attached hydrogens (tertiary/aromatic N) is 4. The molecule has 1 spiro atoms. The molecule has 2 saturated heterocycles. The minimum absolute atomic E-state index is 0.0381.